The molecule has 0 atom stereocenters. The second-order valence-corrected chi connectivity index (χ2v) is 9.39. The minimum atomic E-state index is -0.539. The van der Waals surface area contributed by atoms with Crippen molar-refractivity contribution in [1.82, 2.24) is 24.3 Å². The number of benzene rings is 1. The van der Waals surface area contributed by atoms with Crippen molar-refractivity contribution < 1.29 is 13.9 Å². The number of pyridine rings is 1. The molecule has 1 aromatic carbocycles. The molecule has 9 nitrogen and oxygen atoms in total. The number of aryl methyl sites for hydroxylation is 2. The number of nitrogens with zero attached hydrogens (tertiary/aromatic N) is 7. The first kappa shape index (κ1) is 25.0. The maximum atomic E-state index is 13.5. The number of aromatic nitrogens is 5. The summed E-state index contributed by atoms with van der Waals surface area (Å²) in [4.78, 5) is 32.6. The van der Waals surface area contributed by atoms with Crippen LogP contribution in [-0.4, -0.2) is 44.5 Å². The Morgan fingerprint density at radius 1 is 1.16 bits per heavy atom. The van der Waals surface area contributed by atoms with E-state index in [1.165, 1.54) is 36.8 Å². The molecule has 0 saturated heterocycles. The molecule has 0 bridgehead atoms. The Balaban J connectivity index is 1.59. The maximum absolute atomic E-state index is 13.5. The van der Waals surface area contributed by atoms with Gasteiger partial charge in [0, 0.05) is 24.4 Å². The van der Waals surface area contributed by atoms with Crippen LogP contribution in [0.25, 0.3) is 28.2 Å². The van der Waals surface area contributed by atoms with E-state index < -0.39 is 5.97 Å². The third-order valence-electron chi connectivity index (χ3n) is 6.06. The van der Waals surface area contributed by atoms with Gasteiger partial charge in [0.05, 0.1) is 30.4 Å². The first-order valence-electron chi connectivity index (χ1n) is 11.7. The first-order chi connectivity index (χ1) is 18.3. The minimum Gasteiger partial charge on any atom is -0.464 e. The van der Waals surface area contributed by atoms with Crippen molar-refractivity contribution in [3.8, 4) is 28.6 Å². The highest BCUT2D eigenvalue weighted by Gasteiger charge is 2.22. The zero-order valence-corrected chi connectivity index (χ0v) is 21.9. The van der Waals surface area contributed by atoms with Gasteiger partial charge in [-0.25, -0.2) is 29.1 Å². The largest absolute Gasteiger partial charge is 0.464 e. The fraction of sp³-hybridized carbons (Fsp3) is 0.185. The standard InChI is InChI=1S/C27H22FN7O2S/c1-5-19-25(34(3)27-33-24(21(12-29)38-27)16-6-9-18(28)10-7-16)35-14-17(8-11-22(35)32-19)20-13-30-23(15(2)31-20)26(36)37-4/h6-11,13-14H,5H2,1-4H3. The summed E-state index contributed by atoms with van der Waals surface area (Å²) in [7, 11) is 3.18. The first-order valence-corrected chi connectivity index (χ1v) is 12.5. The van der Waals surface area contributed by atoms with E-state index in [0.717, 1.165) is 22.7 Å². The molecule has 0 fully saturated rings. The molecule has 4 aromatic heterocycles. The Morgan fingerprint density at radius 3 is 2.55 bits per heavy atom. The molecular weight excluding hydrogens is 505 g/mol. The summed E-state index contributed by atoms with van der Waals surface area (Å²) in [5, 5.41) is 10.4. The number of carbonyl (C=O) groups excluding carboxylic acids is 1. The van der Waals surface area contributed by atoms with E-state index >= 15 is 0 Å². The van der Waals surface area contributed by atoms with Crippen LogP contribution in [0.3, 0.4) is 0 Å². The number of nitriles is 1. The molecule has 0 aliphatic carbocycles. The van der Waals surface area contributed by atoms with Crippen LogP contribution in [-0.2, 0) is 11.2 Å². The lowest BCUT2D eigenvalue weighted by Crippen LogP contribution is -2.13. The number of carbonyl (C=O) groups is 1. The van der Waals surface area contributed by atoms with E-state index in [9.17, 15) is 14.4 Å². The highest BCUT2D eigenvalue weighted by atomic mass is 32.1. The summed E-state index contributed by atoms with van der Waals surface area (Å²) < 4.78 is 20.2. The predicted octanol–water partition coefficient (Wildman–Crippen LogP) is 5.35. The lowest BCUT2D eigenvalue weighted by Gasteiger charge is -2.17. The molecule has 5 rings (SSSR count). The number of imidazole rings is 1. The Bertz CT molecular complexity index is 1720. The number of thiazole rings is 1. The summed E-state index contributed by atoms with van der Waals surface area (Å²) in [5.74, 6) is -0.0961. The van der Waals surface area contributed by atoms with Gasteiger partial charge in [0.1, 0.15) is 33.9 Å². The van der Waals surface area contributed by atoms with Crippen molar-refractivity contribution in [3.05, 3.63) is 76.6 Å². The molecule has 4 heterocycles. The fourth-order valence-corrected chi connectivity index (χ4v) is 5.01. The van der Waals surface area contributed by atoms with Crippen LogP contribution in [0, 0.1) is 24.1 Å². The molecule has 0 saturated carbocycles. The molecule has 38 heavy (non-hydrogen) atoms. The quantitative estimate of drug-likeness (QED) is 0.272. The molecule has 0 radical (unpaired) electrons. The van der Waals surface area contributed by atoms with E-state index in [4.69, 9.17) is 14.7 Å². The van der Waals surface area contributed by atoms with E-state index in [-0.39, 0.29) is 11.5 Å². The van der Waals surface area contributed by atoms with Crippen LogP contribution in [0.1, 0.15) is 33.7 Å². The van der Waals surface area contributed by atoms with Gasteiger partial charge in [0.2, 0.25) is 0 Å². The molecule has 5 aromatic rings. The number of esters is 1. The summed E-state index contributed by atoms with van der Waals surface area (Å²) in [6.45, 7) is 3.73. The monoisotopic (exact) mass is 527 g/mol. The van der Waals surface area contributed by atoms with E-state index in [1.807, 2.05) is 41.6 Å². The van der Waals surface area contributed by atoms with Gasteiger partial charge in [-0.2, -0.15) is 5.26 Å². The molecule has 0 aliphatic heterocycles. The van der Waals surface area contributed by atoms with Crippen LogP contribution in [0.15, 0.2) is 48.8 Å². The van der Waals surface area contributed by atoms with E-state index in [0.29, 0.717) is 39.1 Å². The second kappa shape index (κ2) is 9.99. The summed E-state index contributed by atoms with van der Waals surface area (Å²) >= 11 is 1.25. The van der Waals surface area contributed by atoms with Gasteiger partial charge in [-0.3, -0.25) is 4.40 Å². The van der Waals surface area contributed by atoms with E-state index in [1.54, 1.807) is 19.1 Å². The van der Waals surface area contributed by atoms with Gasteiger partial charge in [-0.15, -0.1) is 0 Å². The molecule has 0 amide bonds. The van der Waals surface area contributed by atoms with Crippen molar-refractivity contribution in [3.63, 3.8) is 0 Å². The molecular formula is C27H22FN7O2S. The number of hydrogen-bond donors (Lipinski definition) is 0. The lowest BCUT2D eigenvalue weighted by molar-refractivity contribution is 0.0592. The SMILES string of the molecule is CCc1nc2ccc(-c3cnc(C(=O)OC)c(C)n3)cn2c1N(C)c1nc(-c2ccc(F)cc2)c(C#N)s1. The summed E-state index contributed by atoms with van der Waals surface area (Å²) in [6, 6.07) is 11.9. The maximum Gasteiger partial charge on any atom is 0.358 e. The molecule has 0 N–H and O–H groups in total. The molecule has 11 heteroatoms. The zero-order chi connectivity index (χ0) is 27.0. The van der Waals surface area contributed by atoms with Crippen LogP contribution in [0.2, 0.25) is 0 Å². The van der Waals surface area contributed by atoms with Gasteiger partial charge in [-0.1, -0.05) is 18.3 Å². The van der Waals surface area contributed by atoms with E-state index in [2.05, 4.69) is 16.0 Å². The molecule has 0 aliphatic rings. The number of hydrogen-bond acceptors (Lipinski definition) is 9. The third-order valence-corrected chi connectivity index (χ3v) is 7.10. The summed E-state index contributed by atoms with van der Waals surface area (Å²) in [5.41, 5.74) is 4.77. The number of anilines is 2. The van der Waals surface area contributed by atoms with Gasteiger partial charge in [0.15, 0.2) is 10.8 Å². The van der Waals surface area contributed by atoms with Crippen LogP contribution in [0.4, 0.5) is 15.3 Å². The Kier molecular flexibility index (Phi) is 6.57. The Morgan fingerprint density at radius 2 is 1.89 bits per heavy atom. The summed E-state index contributed by atoms with van der Waals surface area (Å²) in [6.07, 6.45) is 4.12. The average Bonchev–Trinajstić information content (AvgIpc) is 3.54. The number of fused-ring (bicyclic) bond motifs is 1. The van der Waals surface area contributed by atoms with Crippen LogP contribution in [0.5, 0.6) is 0 Å². The Labute approximate surface area is 221 Å². The number of halogens is 1. The van der Waals surface area contributed by atoms with Crippen molar-refractivity contribution in [2.45, 2.75) is 20.3 Å². The van der Waals surface area contributed by atoms with Crippen molar-refractivity contribution in [2.24, 2.45) is 0 Å². The van der Waals surface area contributed by atoms with Gasteiger partial charge >= 0.3 is 5.97 Å². The van der Waals surface area contributed by atoms with Gasteiger partial charge in [0.25, 0.3) is 0 Å². The van der Waals surface area contributed by atoms with Crippen molar-refractivity contribution in [1.29, 1.82) is 5.26 Å². The van der Waals surface area contributed by atoms with Crippen molar-refractivity contribution >= 4 is 33.9 Å². The highest BCUT2D eigenvalue weighted by molar-refractivity contribution is 7.16. The number of methoxy groups -OCH3 is 1. The average molecular weight is 528 g/mol. The molecule has 190 valence electrons. The topological polar surface area (TPSA) is 109 Å². The normalized spacial score (nSPS) is 10.9. The van der Waals surface area contributed by atoms with Crippen LogP contribution < -0.4 is 4.90 Å². The smallest absolute Gasteiger partial charge is 0.358 e. The minimum absolute atomic E-state index is 0.169. The number of rotatable bonds is 6. The highest BCUT2D eigenvalue weighted by Crippen LogP contribution is 2.37. The Hall–Kier alpha value is -4.69. The van der Waals surface area contributed by atoms with Crippen molar-refractivity contribution in [2.75, 3.05) is 19.1 Å². The lowest BCUT2D eigenvalue weighted by atomic mass is 10.1. The number of ether oxygens (including phenoxy) is 1. The molecule has 0 spiro atoms. The predicted molar refractivity (Wildman–Crippen MR) is 142 cm³/mol. The van der Waals surface area contributed by atoms with Crippen LogP contribution >= 0.6 is 11.3 Å². The zero-order valence-electron chi connectivity index (χ0n) is 21.1. The molecule has 0 unspecified atom stereocenters. The second-order valence-electron chi connectivity index (χ2n) is 8.41. The van der Waals surface area contributed by atoms with Gasteiger partial charge in [-0.05, 0) is 49.7 Å². The fourth-order valence-electron chi connectivity index (χ4n) is 4.16. The van der Waals surface area contributed by atoms with Gasteiger partial charge < -0.3 is 9.64 Å². The third kappa shape index (κ3) is 4.35.